The van der Waals surface area contributed by atoms with Gasteiger partial charge >= 0.3 is 0 Å². The maximum absolute atomic E-state index is 12.5. The predicted octanol–water partition coefficient (Wildman–Crippen LogP) is 5.07. The molecule has 2 aliphatic heterocycles. The zero-order valence-corrected chi connectivity index (χ0v) is 18.6. The average molecular weight is 467 g/mol. The van der Waals surface area contributed by atoms with Crippen LogP contribution in [0.1, 0.15) is 30.4 Å². The fourth-order valence-corrected chi connectivity index (χ4v) is 4.26. The number of oxime groups is 1. The molecule has 2 aromatic rings. The molecule has 1 saturated heterocycles. The topological polar surface area (TPSA) is 53.9 Å². The van der Waals surface area contributed by atoms with E-state index in [0.29, 0.717) is 33.7 Å². The Hall–Kier alpha value is -1.79. The van der Waals surface area contributed by atoms with Crippen LogP contribution >= 0.6 is 34.8 Å². The summed E-state index contributed by atoms with van der Waals surface area (Å²) in [6.45, 7) is 2.98. The van der Waals surface area contributed by atoms with E-state index in [1.807, 2.05) is 30.3 Å². The molecule has 0 atom stereocenters. The van der Waals surface area contributed by atoms with Gasteiger partial charge in [-0.05, 0) is 35.4 Å². The summed E-state index contributed by atoms with van der Waals surface area (Å²) in [7, 11) is 0. The van der Waals surface area contributed by atoms with E-state index in [4.69, 9.17) is 39.6 Å². The summed E-state index contributed by atoms with van der Waals surface area (Å²) in [5, 5.41) is 8.82. The summed E-state index contributed by atoms with van der Waals surface area (Å²) < 4.78 is 0. The normalized spacial score (nSPS) is 18.2. The number of hydrogen-bond acceptors (Lipinski definition) is 4. The van der Waals surface area contributed by atoms with Crippen LogP contribution in [0.5, 0.6) is 0 Å². The number of nitrogens with one attached hydrogen (secondary N) is 1. The fraction of sp³-hybridized carbons (Fsp3) is 0.364. The van der Waals surface area contributed by atoms with Gasteiger partial charge in [0.25, 0.3) is 5.91 Å². The Morgan fingerprint density at radius 1 is 1.03 bits per heavy atom. The molecule has 1 amide bonds. The predicted molar refractivity (Wildman–Crippen MR) is 120 cm³/mol. The van der Waals surface area contributed by atoms with Crippen molar-refractivity contribution in [2.45, 2.75) is 38.0 Å². The summed E-state index contributed by atoms with van der Waals surface area (Å²) >= 11 is 18.0. The van der Waals surface area contributed by atoms with Crippen LogP contribution in [0.15, 0.2) is 47.6 Å². The van der Waals surface area contributed by atoms with Gasteiger partial charge in [-0.2, -0.15) is 0 Å². The van der Waals surface area contributed by atoms with Crippen LogP contribution in [0.2, 0.25) is 15.1 Å². The molecule has 0 saturated carbocycles. The van der Waals surface area contributed by atoms with Gasteiger partial charge in [-0.3, -0.25) is 9.69 Å². The number of hydrogen-bond donors (Lipinski definition) is 1. The Labute approximate surface area is 190 Å². The van der Waals surface area contributed by atoms with Crippen molar-refractivity contribution in [2.24, 2.45) is 5.16 Å². The van der Waals surface area contributed by atoms with Gasteiger partial charge in [-0.25, -0.2) is 0 Å². The van der Waals surface area contributed by atoms with E-state index in [2.05, 4.69) is 15.4 Å². The third-order valence-electron chi connectivity index (χ3n) is 5.63. The van der Waals surface area contributed by atoms with Gasteiger partial charge in [0, 0.05) is 50.5 Å². The molecule has 2 heterocycles. The number of rotatable bonds is 5. The average Bonchev–Trinajstić information content (AvgIpc) is 3.16. The van der Waals surface area contributed by atoms with Gasteiger partial charge in [0.1, 0.15) is 11.3 Å². The van der Waals surface area contributed by atoms with Gasteiger partial charge < -0.3 is 10.2 Å². The highest BCUT2D eigenvalue weighted by molar-refractivity contribution is 6.42. The number of amides is 1. The largest absolute Gasteiger partial charge is 0.388 e. The molecule has 4 rings (SSSR count). The number of likely N-dealkylation sites (tertiary alicyclic amines) is 1. The fourth-order valence-electron chi connectivity index (χ4n) is 3.81. The number of piperidine rings is 1. The lowest BCUT2D eigenvalue weighted by atomic mass is 9.86. The quantitative estimate of drug-likeness (QED) is 0.669. The Bertz CT molecular complexity index is 955. The van der Waals surface area contributed by atoms with Crippen molar-refractivity contribution < 1.29 is 9.63 Å². The molecule has 0 aliphatic carbocycles. The first kappa shape index (κ1) is 21.4. The smallest absolute Gasteiger partial charge is 0.269 e. The van der Waals surface area contributed by atoms with E-state index in [-0.39, 0.29) is 11.5 Å². The van der Waals surface area contributed by atoms with Crippen LogP contribution in [0.25, 0.3) is 0 Å². The van der Waals surface area contributed by atoms with Crippen molar-refractivity contribution in [3.05, 3.63) is 68.7 Å². The third kappa shape index (κ3) is 5.09. The van der Waals surface area contributed by atoms with Crippen LogP contribution in [-0.2, 0) is 22.7 Å². The minimum Gasteiger partial charge on any atom is -0.388 e. The van der Waals surface area contributed by atoms with E-state index in [1.165, 1.54) is 0 Å². The highest BCUT2D eigenvalue weighted by Gasteiger charge is 2.43. The lowest BCUT2D eigenvalue weighted by Gasteiger charge is -2.37. The van der Waals surface area contributed by atoms with Gasteiger partial charge in [0.2, 0.25) is 0 Å². The molecule has 8 heteroatoms. The molecule has 2 aromatic carbocycles. The molecule has 0 unspecified atom stereocenters. The monoisotopic (exact) mass is 465 g/mol. The first-order valence-electron chi connectivity index (χ1n) is 9.86. The molecule has 0 aromatic heterocycles. The SMILES string of the molecule is O=C(NCc1ccc(Cl)cc1)C1=NOC2(CCN(Cc3ccc(Cl)c(Cl)c3)CC2)C1. The third-order valence-corrected chi connectivity index (χ3v) is 6.62. The van der Waals surface area contributed by atoms with Crippen LogP contribution in [0.4, 0.5) is 0 Å². The van der Waals surface area contributed by atoms with Crippen molar-refractivity contribution in [2.75, 3.05) is 13.1 Å². The zero-order chi connectivity index (χ0) is 21.1. The van der Waals surface area contributed by atoms with Gasteiger partial charge in [0.05, 0.1) is 10.0 Å². The summed E-state index contributed by atoms with van der Waals surface area (Å²) in [5.41, 5.74) is 2.20. The Balaban J connectivity index is 1.26. The number of carbonyl (C=O) groups is 1. The first-order chi connectivity index (χ1) is 14.4. The summed E-state index contributed by atoms with van der Waals surface area (Å²) in [6.07, 6.45) is 2.19. The Morgan fingerprint density at radius 3 is 2.43 bits per heavy atom. The minimum atomic E-state index is -0.374. The lowest BCUT2D eigenvalue weighted by Crippen LogP contribution is -2.45. The molecule has 2 aliphatic rings. The van der Waals surface area contributed by atoms with Gasteiger partial charge in [0.15, 0.2) is 0 Å². The standard InChI is InChI=1S/C22H22Cl3N3O2/c23-17-4-1-15(2-5-17)13-26-21(29)20-12-22(30-27-20)7-9-28(10-8-22)14-16-3-6-18(24)19(25)11-16/h1-6,11H,7-10,12-14H2,(H,26,29). The van der Waals surface area contributed by atoms with Crippen molar-refractivity contribution in [1.82, 2.24) is 10.2 Å². The van der Waals surface area contributed by atoms with Crippen molar-refractivity contribution in [3.8, 4) is 0 Å². The van der Waals surface area contributed by atoms with E-state index in [9.17, 15) is 4.79 Å². The molecule has 0 bridgehead atoms. The van der Waals surface area contributed by atoms with Crippen molar-refractivity contribution >= 4 is 46.4 Å². The van der Waals surface area contributed by atoms with E-state index in [1.54, 1.807) is 12.1 Å². The summed E-state index contributed by atoms with van der Waals surface area (Å²) in [5.74, 6) is -0.180. The van der Waals surface area contributed by atoms with E-state index in [0.717, 1.165) is 43.6 Å². The molecule has 30 heavy (non-hydrogen) atoms. The van der Waals surface area contributed by atoms with Crippen LogP contribution in [0, 0.1) is 0 Å². The number of carbonyl (C=O) groups excluding carboxylic acids is 1. The molecule has 1 N–H and O–H groups in total. The Kier molecular flexibility index (Phi) is 6.54. The molecule has 5 nitrogen and oxygen atoms in total. The Morgan fingerprint density at radius 2 is 1.73 bits per heavy atom. The molecular weight excluding hydrogens is 445 g/mol. The maximum atomic E-state index is 12.5. The van der Waals surface area contributed by atoms with E-state index < -0.39 is 0 Å². The number of nitrogens with zero attached hydrogens (tertiary/aromatic N) is 2. The minimum absolute atomic E-state index is 0.180. The molecule has 158 valence electrons. The van der Waals surface area contributed by atoms with Crippen molar-refractivity contribution in [3.63, 3.8) is 0 Å². The second-order valence-corrected chi connectivity index (χ2v) is 9.07. The van der Waals surface area contributed by atoms with Gasteiger partial charge in [-0.1, -0.05) is 58.2 Å². The summed E-state index contributed by atoms with van der Waals surface area (Å²) in [6, 6.07) is 13.1. The van der Waals surface area contributed by atoms with Crippen molar-refractivity contribution in [1.29, 1.82) is 0 Å². The zero-order valence-electron chi connectivity index (χ0n) is 16.3. The summed E-state index contributed by atoms with van der Waals surface area (Å²) in [4.78, 5) is 20.6. The second kappa shape index (κ2) is 9.15. The highest BCUT2D eigenvalue weighted by Crippen LogP contribution is 2.35. The van der Waals surface area contributed by atoms with Crippen LogP contribution in [0.3, 0.4) is 0 Å². The molecule has 0 radical (unpaired) electrons. The van der Waals surface area contributed by atoms with Crippen LogP contribution < -0.4 is 5.32 Å². The van der Waals surface area contributed by atoms with Crippen LogP contribution in [-0.4, -0.2) is 35.2 Å². The molecular formula is C22H22Cl3N3O2. The second-order valence-electron chi connectivity index (χ2n) is 7.82. The molecule has 1 fully saturated rings. The number of halogens is 3. The number of benzene rings is 2. The molecule has 1 spiro atoms. The first-order valence-corrected chi connectivity index (χ1v) is 11.0. The van der Waals surface area contributed by atoms with Gasteiger partial charge in [-0.15, -0.1) is 0 Å². The lowest BCUT2D eigenvalue weighted by molar-refractivity contribution is -0.115. The highest BCUT2D eigenvalue weighted by atomic mass is 35.5. The maximum Gasteiger partial charge on any atom is 0.269 e. The van der Waals surface area contributed by atoms with E-state index >= 15 is 0 Å².